The summed E-state index contributed by atoms with van der Waals surface area (Å²) in [5, 5.41) is 3.18. The average molecular weight is 331 g/mol. The molecule has 0 unspecified atom stereocenters. The number of nitrogens with zero attached hydrogens (tertiary/aromatic N) is 2. The molecule has 0 aromatic carbocycles. The molecule has 1 spiro atoms. The van der Waals surface area contributed by atoms with Gasteiger partial charge in [-0.3, -0.25) is 4.90 Å². The quantitative estimate of drug-likeness (QED) is 0.933. The van der Waals surface area contributed by atoms with Gasteiger partial charge in [0.15, 0.2) is 11.6 Å². The van der Waals surface area contributed by atoms with Crippen LogP contribution in [-0.4, -0.2) is 41.2 Å². The van der Waals surface area contributed by atoms with E-state index in [9.17, 15) is 4.39 Å². The third kappa shape index (κ3) is 3.16. The standard InChI is InChI=1S/C18H22FN3O2/c1-13-4-5-15(24-13)10-22-8-6-18(12-22)9-14(11-23-18)21-17-16(19)3-2-7-20-17/h2-5,7,14H,6,8-12H2,1H3,(H,20,21)/t14-,18-/m1/s1. The largest absolute Gasteiger partial charge is 0.465 e. The van der Waals surface area contributed by atoms with E-state index in [1.165, 1.54) is 6.07 Å². The second kappa shape index (κ2) is 6.18. The maximum Gasteiger partial charge on any atom is 0.165 e. The molecule has 2 fully saturated rings. The number of furan rings is 1. The minimum absolute atomic E-state index is 0.0974. The van der Waals surface area contributed by atoms with Crippen LogP contribution in [-0.2, 0) is 11.3 Å². The zero-order valence-corrected chi connectivity index (χ0v) is 13.8. The highest BCUT2D eigenvalue weighted by atomic mass is 19.1. The first kappa shape index (κ1) is 15.6. The molecule has 0 bridgehead atoms. The van der Waals surface area contributed by atoms with E-state index in [0.29, 0.717) is 12.4 Å². The third-order valence-corrected chi connectivity index (χ3v) is 4.88. The second-order valence-corrected chi connectivity index (χ2v) is 6.85. The highest BCUT2D eigenvalue weighted by molar-refractivity contribution is 5.37. The van der Waals surface area contributed by atoms with Crippen molar-refractivity contribution in [2.24, 2.45) is 0 Å². The van der Waals surface area contributed by atoms with Crippen LogP contribution < -0.4 is 5.32 Å². The van der Waals surface area contributed by atoms with Crippen molar-refractivity contribution in [1.29, 1.82) is 0 Å². The van der Waals surface area contributed by atoms with Crippen LogP contribution in [0.1, 0.15) is 24.4 Å². The van der Waals surface area contributed by atoms with Gasteiger partial charge in [-0.25, -0.2) is 9.37 Å². The van der Waals surface area contributed by atoms with Gasteiger partial charge in [-0.05, 0) is 37.6 Å². The lowest BCUT2D eigenvalue weighted by atomic mass is 9.97. The van der Waals surface area contributed by atoms with Crippen LogP contribution in [0.25, 0.3) is 0 Å². The molecule has 2 aliphatic rings. The molecule has 5 nitrogen and oxygen atoms in total. The minimum Gasteiger partial charge on any atom is -0.465 e. The van der Waals surface area contributed by atoms with Crippen molar-refractivity contribution in [2.75, 3.05) is 25.0 Å². The molecule has 6 heteroatoms. The first-order chi connectivity index (χ1) is 11.6. The van der Waals surface area contributed by atoms with E-state index in [1.807, 2.05) is 19.1 Å². The summed E-state index contributed by atoms with van der Waals surface area (Å²) in [4.78, 5) is 6.43. The zero-order valence-electron chi connectivity index (χ0n) is 13.8. The molecule has 2 aromatic heterocycles. The molecule has 0 saturated carbocycles. The third-order valence-electron chi connectivity index (χ3n) is 4.88. The van der Waals surface area contributed by atoms with Crippen LogP contribution in [0.3, 0.4) is 0 Å². The number of halogens is 1. The lowest BCUT2D eigenvalue weighted by Gasteiger charge is -2.23. The van der Waals surface area contributed by atoms with Crippen molar-refractivity contribution in [3.63, 3.8) is 0 Å². The maximum atomic E-state index is 13.7. The Kier molecular flexibility index (Phi) is 4.02. The number of nitrogens with one attached hydrogen (secondary N) is 1. The smallest absolute Gasteiger partial charge is 0.165 e. The fraction of sp³-hybridized carbons (Fsp3) is 0.500. The summed E-state index contributed by atoms with van der Waals surface area (Å²) in [6.07, 6.45) is 3.46. The van der Waals surface area contributed by atoms with Crippen molar-refractivity contribution in [2.45, 2.75) is 38.0 Å². The monoisotopic (exact) mass is 331 g/mol. The van der Waals surface area contributed by atoms with Crippen LogP contribution in [0, 0.1) is 12.7 Å². The Morgan fingerprint density at radius 2 is 2.33 bits per heavy atom. The number of hydrogen-bond donors (Lipinski definition) is 1. The molecule has 0 amide bonds. The molecular formula is C18H22FN3O2. The summed E-state index contributed by atoms with van der Waals surface area (Å²) in [6.45, 7) is 5.23. The van der Waals surface area contributed by atoms with Gasteiger partial charge in [0.2, 0.25) is 0 Å². The number of aryl methyl sites for hydroxylation is 1. The molecule has 4 rings (SSSR count). The van der Waals surface area contributed by atoms with Crippen LogP contribution >= 0.6 is 0 Å². The number of hydrogen-bond acceptors (Lipinski definition) is 5. The molecule has 24 heavy (non-hydrogen) atoms. The molecule has 128 valence electrons. The minimum atomic E-state index is -0.320. The Morgan fingerprint density at radius 1 is 1.42 bits per heavy atom. The average Bonchev–Trinajstić information content (AvgIpc) is 3.25. The van der Waals surface area contributed by atoms with Crippen LogP contribution in [0.5, 0.6) is 0 Å². The molecule has 0 radical (unpaired) electrons. The Balaban J connectivity index is 1.35. The number of pyridine rings is 1. The van der Waals surface area contributed by atoms with Crippen molar-refractivity contribution >= 4 is 5.82 Å². The Morgan fingerprint density at radius 3 is 3.12 bits per heavy atom. The molecule has 1 N–H and O–H groups in total. The zero-order chi connectivity index (χ0) is 16.6. The summed E-state index contributed by atoms with van der Waals surface area (Å²) < 4.78 is 25.5. The second-order valence-electron chi connectivity index (χ2n) is 6.85. The highest BCUT2D eigenvalue weighted by Crippen LogP contribution is 2.36. The number of likely N-dealkylation sites (tertiary alicyclic amines) is 1. The van der Waals surface area contributed by atoms with Gasteiger partial charge >= 0.3 is 0 Å². The highest BCUT2D eigenvalue weighted by Gasteiger charge is 2.45. The van der Waals surface area contributed by atoms with Gasteiger partial charge in [0.05, 0.1) is 24.8 Å². The van der Waals surface area contributed by atoms with Gasteiger partial charge in [-0.1, -0.05) is 0 Å². The first-order valence-electron chi connectivity index (χ1n) is 8.41. The van der Waals surface area contributed by atoms with Gasteiger partial charge in [-0.15, -0.1) is 0 Å². The Hall–Kier alpha value is -1.92. The normalized spacial score (nSPS) is 27.2. The summed E-state index contributed by atoms with van der Waals surface area (Å²) in [7, 11) is 0. The van der Waals surface area contributed by atoms with Gasteiger partial charge in [0.25, 0.3) is 0 Å². The summed E-state index contributed by atoms with van der Waals surface area (Å²) >= 11 is 0. The summed E-state index contributed by atoms with van der Waals surface area (Å²) in [5.41, 5.74) is -0.134. The van der Waals surface area contributed by atoms with Gasteiger partial charge in [0.1, 0.15) is 11.5 Å². The fourth-order valence-electron chi connectivity index (χ4n) is 3.76. The molecular weight excluding hydrogens is 309 g/mol. The predicted octanol–water partition coefficient (Wildman–Crippen LogP) is 2.97. The molecule has 2 aromatic rings. The summed E-state index contributed by atoms with van der Waals surface area (Å²) in [5.74, 6) is 1.93. The lowest BCUT2D eigenvalue weighted by molar-refractivity contribution is 0.0115. The van der Waals surface area contributed by atoms with Crippen molar-refractivity contribution in [3.05, 3.63) is 47.8 Å². The van der Waals surface area contributed by atoms with Gasteiger partial charge in [0, 0.05) is 25.7 Å². The van der Waals surface area contributed by atoms with Gasteiger partial charge in [-0.2, -0.15) is 0 Å². The van der Waals surface area contributed by atoms with Crippen molar-refractivity contribution in [3.8, 4) is 0 Å². The Bertz CT molecular complexity index is 720. The van der Waals surface area contributed by atoms with Crippen molar-refractivity contribution in [1.82, 2.24) is 9.88 Å². The van der Waals surface area contributed by atoms with E-state index in [1.54, 1.807) is 12.3 Å². The van der Waals surface area contributed by atoms with Crippen molar-refractivity contribution < 1.29 is 13.5 Å². The summed E-state index contributed by atoms with van der Waals surface area (Å²) in [6, 6.07) is 7.14. The van der Waals surface area contributed by atoms with E-state index in [0.717, 1.165) is 44.0 Å². The lowest BCUT2D eigenvalue weighted by Crippen LogP contribution is -2.33. The van der Waals surface area contributed by atoms with E-state index in [2.05, 4.69) is 15.2 Å². The molecule has 2 saturated heterocycles. The van der Waals surface area contributed by atoms with E-state index in [-0.39, 0.29) is 17.5 Å². The van der Waals surface area contributed by atoms with Gasteiger partial charge < -0.3 is 14.5 Å². The molecule has 2 atom stereocenters. The SMILES string of the molecule is Cc1ccc(CN2CC[C@@]3(C[C@@H](Nc4ncccc4F)CO3)C2)o1. The number of aromatic nitrogens is 1. The number of ether oxygens (including phenoxy) is 1. The number of anilines is 1. The fourth-order valence-corrected chi connectivity index (χ4v) is 3.76. The molecule has 2 aliphatic heterocycles. The van der Waals surface area contributed by atoms with Crippen LogP contribution in [0.15, 0.2) is 34.9 Å². The van der Waals surface area contributed by atoms with Crippen LogP contribution in [0.4, 0.5) is 10.2 Å². The topological polar surface area (TPSA) is 50.5 Å². The van der Waals surface area contributed by atoms with E-state index >= 15 is 0 Å². The van der Waals surface area contributed by atoms with E-state index in [4.69, 9.17) is 9.15 Å². The maximum absolute atomic E-state index is 13.7. The molecule has 0 aliphatic carbocycles. The van der Waals surface area contributed by atoms with E-state index < -0.39 is 0 Å². The molecule has 4 heterocycles. The Labute approximate surface area is 140 Å². The first-order valence-corrected chi connectivity index (χ1v) is 8.41. The van der Waals surface area contributed by atoms with Crippen LogP contribution in [0.2, 0.25) is 0 Å². The number of rotatable bonds is 4. The predicted molar refractivity (Wildman–Crippen MR) is 88.2 cm³/mol.